The molecule has 0 radical (unpaired) electrons. The Morgan fingerprint density at radius 3 is 2.33 bits per heavy atom. The second-order valence-electron chi connectivity index (χ2n) is 5.24. The molecule has 1 atom stereocenters. The van der Waals surface area contributed by atoms with Crippen LogP contribution in [-0.4, -0.2) is 23.6 Å². The molecule has 0 unspecified atom stereocenters. The summed E-state index contributed by atoms with van der Waals surface area (Å²) in [4.78, 5) is 0. The molecule has 2 heteroatoms. The molecule has 2 fully saturated rings. The van der Waals surface area contributed by atoms with Crippen molar-refractivity contribution in [2.75, 3.05) is 11.5 Å². The van der Waals surface area contributed by atoms with E-state index in [1.165, 1.54) is 56.5 Å². The zero-order valence-corrected chi connectivity index (χ0v) is 10.8. The van der Waals surface area contributed by atoms with Gasteiger partial charge in [0.25, 0.3) is 0 Å². The van der Waals surface area contributed by atoms with E-state index < -0.39 is 0 Å². The van der Waals surface area contributed by atoms with Crippen LogP contribution >= 0.6 is 11.8 Å². The number of rotatable bonds is 3. The van der Waals surface area contributed by atoms with Crippen molar-refractivity contribution in [3.05, 3.63) is 0 Å². The molecular formula is C13H25NS. The van der Waals surface area contributed by atoms with Crippen molar-refractivity contribution in [2.24, 2.45) is 5.92 Å². The van der Waals surface area contributed by atoms with Crippen molar-refractivity contribution in [2.45, 2.75) is 64.0 Å². The van der Waals surface area contributed by atoms with Gasteiger partial charge >= 0.3 is 0 Å². The minimum atomic E-state index is 0.762. The van der Waals surface area contributed by atoms with E-state index in [-0.39, 0.29) is 0 Å². The largest absolute Gasteiger partial charge is 0.311 e. The maximum Gasteiger partial charge on any atom is 0.00853 e. The van der Waals surface area contributed by atoms with Gasteiger partial charge in [0.05, 0.1) is 0 Å². The van der Waals surface area contributed by atoms with Crippen LogP contribution in [0.1, 0.15) is 51.9 Å². The first-order chi connectivity index (χ1) is 7.36. The first-order valence-corrected chi connectivity index (χ1v) is 7.85. The van der Waals surface area contributed by atoms with Gasteiger partial charge in [0.1, 0.15) is 0 Å². The number of thioether (sulfide) groups is 1. The van der Waals surface area contributed by atoms with Crippen molar-refractivity contribution < 1.29 is 0 Å². The summed E-state index contributed by atoms with van der Waals surface area (Å²) in [6.07, 6.45) is 10.1. The molecule has 2 aliphatic rings. The van der Waals surface area contributed by atoms with Crippen molar-refractivity contribution >= 4 is 11.8 Å². The third-order valence-corrected chi connectivity index (χ3v) is 5.13. The molecule has 0 amide bonds. The smallest absolute Gasteiger partial charge is 0.00853 e. The van der Waals surface area contributed by atoms with Gasteiger partial charge in [-0.05, 0) is 50.0 Å². The molecule has 1 saturated heterocycles. The maximum absolute atomic E-state index is 3.88. The molecule has 1 nitrogen and oxygen atoms in total. The first kappa shape index (κ1) is 11.8. The van der Waals surface area contributed by atoms with E-state index in [4.69, 9.17) is 0 Å². The Bertz CT molecular complexity index is 171. The maximum atomic E-state index is 3.88. The van der Waals surface area contributed by atoms with Crippen LogP contribution in [-0.2, 0) is 0 Å². The minimum Gasteiger partial charge on any atom is -0.311 e. The van der Waals surface area contributed by atoms with E-state index in [1.807, 2.05) is 0 Å². The Kier molecular flexibility index (Phi) is 4.83. The highest BCUT2D eigenvalue weighted by Gasteiger charge is 2.23. The van der Waals surface area contributed by atoms with Crippen LogP contribution < -0.4 is 5.32 Å². The van der Waals surface area contributed by atoms with E-state index in [2.05, 4.69) is 24.0 Å². The number of nitrogens with one attached hydrogen (secondary N) is 1. The first-order valence-electron chi connectivity index (χ1n) is 6.70. The quantitative estimate of drug-likeness (QED) is 0.792. The molecule has 1 aliphatic carbocycles. The average molecular weight is 227 g/mol. The van der Waals surface area contributed by atoms with Gasteiger partial charge in [0.15, 0.2) is 0 Å². The highest BCUT2D eigenvalue weighted by molar-refractivity contribution is 7.99. The van der Waals surface area contributed by atoms with Crippen LogP contribution in [0.4, 0.5) is 0 Å². The summed E-state index contributed by atoms with van der Waals surface area (Å²) < 4.78 is 0. The second-order valence-corrected chi connectivity index (χ2v) is 6.46. The fourth-order valence-electron chi connectivity index (χ4n) is 3.01. The van der Waals surface area contributed by atoms with E-state index in [9.17, 15) is 0 Å². The Balaban J connectivity index is 1.72. The topological polar surface area (TPSA) is 12.0 Å². The predicted molar refractivity (Wildman–Crippen MR) is 69.5 cm³/mol. The van der Waals surface area contributed by atoms with E-state index in [0.717, 1.165) is 18.0 Å². The van der Waals surface area contributed by atoms with Gasteiger partial charge in [0, 0.05) is 12.1 Å². The fourth-order valence-corrected chi connectivity index (χ4v) is 4.11. The summed E-state index contributed by atoms with van der Waals surface area (Å²) in [5, 5.41) is 3.88. The molecule has 0 aromatic carbocycles. The van der Waals surface area contributed by atoms with Gasteiger partial charge in [-0.15, -0.1) is 0 Å². The summed E-state index contributed by atoms with van der Waals surface area (Å²) in [7, 11) is 0. The lowest BCUT2D eigenvalue weighted by atomic mass is 9.84. The normalized spacial score (nSPS) is 27.8. The van der Waals surface area contributed by atoms with Crippen molar-refractivity contribution in [1.82, 2.24) is 5.32 Å². The molecule has 0 aromatic rings. The van der Waals surface area contributed by atoms with Crippen molar-refractivity contribution in [1.29, 1.82) is 0 Å². The zero-order chi connectivity index (χ0) is 10.5. The minimum absolute atomic E-state index is 0.762. The molecule has 15 heavy (non-hydrogen) atoms. The Morgan fingerprint density at radius 2 is 1.67 bits per heavy atom. The summed E-state index contributed by atoms with van der Waals surface area (Å²) in [6, 6.07) is 1.58. The van der Waals surface area contributed by atoms with Gasteiger partial charge in [-0.1, -0.05) is 19.3 Å². The second kappa shape index (κ2) is 6.15. The van der Waals surface area contributed by atoms with Crippen LogP contribution in [0.5, 0.6) is 0 Å². The molecule has 88 valence electrons. The summed E-state index contributed by atoms with van der Waals surface area (Å²) >= 11 is 2.12. The Morgan fingerprint density at radius 1 is 1.00 bits per heavy atom. The molecule has 1 saturated carbocycles. The molecule has 0 bridgehead atoms. The van der Waals surface area contributed by atoms with E-state index >= 15 is 0 Å². The van der Waals surface area contributed by atoms with Gasteiger partial charge in [-0.25, -0.2) is 0 Å². The standard InChI is InChI=1S/C13H25NS/c1-11(12-5-3-2-4-6-12)14-13-7-9-15-10-8-13/h11-14H,2-10H2,1H3/t11-/m0/s1. The third-order valence-electron chi connectivity index (χ3n) is 4.08. The SMILES string of the molecule is C[C@H](NC1CCSCC1)C1CCCCC1. The molecule has 2 rings (SSSR count). The van der Waals surface area contributed by atoms with Gasteiger partial charge in [-0.2, -0.15) is 11.8 Å². The Labute approximate surface area is 98.8 Å². The monoisotopic (exact) mass is 227 g/mol. The third kappa shape index (κ3) is 3.67. The molecule has 1 N–H and O–H groups in total. The average Bonchev–Trinajstić information content (AvgIpc) is 2.31. The van der Waals surface area contributed by atoms with Crippen LogP contribution in [0.15, 0.2) is 0 Å². The van der Waals surface area contributed by atoms with Gasteiger partial charge in [-0.3, -0.25) is 0 Å². The van der Waals surface area contributed by atoms with Crippen LogP contribution in [0, 0.1) is 5.92 Å². The van der Waals surface area contributed by atoms with E-state index in [0.29, 0.717) is 0 Å². The molecule has 0 aromatic heterocycles. The highest BCUT2D eigenvalue weighted by Crippen LogP contribution is 2.27. The van der Waals surface area contributed by atoms with Crippen molar-refractivity contribution in [3.8, 4) is 0 Å². The van der Waals surface area contributed by atoms with E-state index in [1.54, 1.807) is 0 Å². The Hall–Kier alpha value is 0.310. The lowest BCUT2D eigenvalue weighted by molar-refractivity contribution is 0.259. The summed E-state index contributed by atoms with van der Waals surface area (Å²) in [5.41, 5.74) is 0. The number of hydrogen-bond acceptors (Lipinski definition) is 2. The van der Waals surface area contributed by atoms with Gasteiger partial charge in [0.2, 0.25) is 0 Å². The molecule has 0 spiro atoms. The zero-order valence-electron chi connectivity index (χ0n) is 10.0. The summed E-state index contributed by atoms with van der Waals surface area (Å²) in [6.45, 7) is 2.41. The fraction of sp³-hybridized carbons (Fsp3) is 1.00. The van der Waals surface area contributed by atoms with Gasteiger partial charge < -0.3 is 5.32 Å². The van der Waals surface area contributed by atoms with Crippen LogP contribution in [0.3, 0.4) is 0 Å². The predicted octanol–water partition coefficient (Wildman–Crippen LogP) is 3.44. The molecule has 1 aliphatic heterocycles. The lowest BCUT2D eigenvalue weighted by Gasteiger charge is -2.33. The lowest BCUT2D eigenvalue weighted by Crippen LogP contribution is -2.43. The van der Waals surface area contributed by atoms with Crippen LogP contribution in [0.2, 0.25) is 0 Å². The van der Waals surface area contributed by atoms with Crippen LogP contribution in [0.25, 0.3) is 0 Å². The van der Waals surface area contributed by atoms with Crippen molar-refractivity contribution in [3.63, 3.8) is 0 Å². The number of hydrogen-bond donors (Lipinski definition) is 1. The molecular weight excluding hydrogens is 202 g/mol. The summed E-state index contributed by atoms with van der Waals surface area (Å²) in [5.74, 6) is 3.71. The highest BCUT2D eigenvalue weighted by atomic mass is 32.2. The molecule has 1 heterocycles.